The Bertz CT molecular complexity index is 1140. The molecule has 0 spiro atoms. The monoisotopic (exact) mass is 662 g/mol. The average molecular weight is 663 g/mol. The quantitative estimate of drug-likeness (QED) is 0.430. The molecule has 1 fully saturated rings. The lowest BCUT2D eigenvalue weighted by Crippen LogP contribution is -2.57. The van der Waals surface area contributed by atoms with Crippen molar-refractivity contribution in [2.24, 2.45) is 5.92 Å². The van der Waals surface area contributed by atoms with E-state index in [1.807, 2.05) is 31.2 Å². The summed E-state index contributed by atoms with van der Waals surface area (Å²) in [7, 11) is 1.67. The van der Waals surface area contributed by atoms with Crippen LogP contribution in [0.4, 0.5) is 0 Å². The molecule has 40 heavy (non-hydrogen) atoms. The molecule has 1 aromatic rings. The molecule has 1 heterocycles. The number of nitrogens with zero attached hydrogens (tertiary/aromatic N) is 1. The third-order valence-corrected chi connectivity index (χ3v) is 9.55. The van der Waals surface area contributed by atoms with Crippen molar-refractivity contribution in [3.8, 4) is 0 Å². The summed E-state index contributed by atoms with van der Waals surface area (Å²) >= 11 is -0.261. The molecule has 4 rings (SSSR count). The molecule has 1 saturated carbocycles. The van der Waals surface area contributed by atoms with Crippen LogP contribution in [0, 0.1) is 9.49 Å². The second kappa shape index (κ2) is 14.4. The third kappa shape index (κ3) is 8.25. The van der Waals surface area contributed by atoms with Crippen LogP contribution in [0.3, 0.4) is 0 Å². The number of likely N-dealkylation sites (N-methyl/N-ethyl adjacent to an activating group) is 1. The summed E-state index contributed by atoms with van der Waals surface area (Å²) in [6.07, 6.45) is 10.1. The Hall–Kier alpha value is -2.53. The first kappa shape index (κ1) is 30.4. The molecule has 9 heteroatoms. The zero-order chi connectivity index (χ0) is 28.6. The van der Waals surface area contributed by atoms with Crippen molar-refractivity contribution in [3.63, 3.8) is 0 Å². The van der Waals surface area contributed by atoms with Crippen molar-refractivity contribution in [1.82, 2.24) is 20.9 Å². The zero-order valence-electron chi connectivity index (χ0n) is 23.9. The van der Waals surface area contributed by atoms with Crippen molar-refractivity contribution >= 4 is 43.0 Å². The number of allylic oxidation sites excluding steroid dienone is 3. The molecule has 0 aromatic heterocycles. The minimum Gasteiger partial charge on any atom is -0.492 e. The van der Waals surface area contributed by atoms with Gasteiger partial charge in [0.2, 0.25) is 17.7 Å². The van der Waals surface area contributed by atoms with E-state index in [4.69, 9.17) is 4.74 Å². The van der Waals surface area contributed by atoms with Gasteiger partial charge in [-0.15, -0.1) is 0 Å². The summed E-state index contributed by atoms with van der Waals surface area (Å²) in [4.78, 5) is 41.8. The van der Waals surface area contributed by atoms with Crippen molar-refractivity contribution < 1.29 is 19.1 Å². The molecule has 1 aliphatic heterocycles. The Labute approximate surface area is 248 Å². The predicted molar refractivity (Wildman–Crippen MR) is 167 cm³/mol. The number of benzene rings is 1. The van der Waals surface area contributed by atoms with Crippen molar-refractivity contribution in [2.45, 2.75) is 83.0 Å². The first-order valence-electron chi connectivity index (χ1n) is 14.4. The van der Waals surface area contributed by atoms with Gasteiger partial charge in [-0.3, -0.25) is 19.7 Å². The van der Waals surface area contributed by atoms with Crippen LogP contribution in [0.5, 0.6) is 0 Å². The van der Waals surface area contributed by atoms with Gasteiger partial charge < -0.3 is 20.3 Å². The van der Waals surface area contributed by atoms with Gasteiger partial charge in [0.15, 0.2) is 0 Å². The van der Waals surface area contributed by atoms with Gasteiger partial charge in [-0.25, -0.2) is 0 Å². The summed E-state index contributed by atoms with van der Waals surface area (Å²) in [5.41, 5.74) is 2.22. The maximum absolute atomic E-state index is 13.6. The highest BCUT2D eigenvalue weighted by Crippen LogP contribution is 2.34. The number of hydrogen-bond acceptors (Lipinski definition) is 5. The van der Waals surface area contributed by atoms with E-state index in [-0.39, 0.29) is 56.5 Å². The molecular weight excluding hydrogens is 619 g/mol. The number of ether oxygens (including phenoxy) is 1. The Kier molecular flexibility index (Phi) is 10.9. The predicted octanol–water partition coefficient (Wildman–Crippen LogP) is 3.42. The summed E-state index contributed by atoms with van der Waals surface area (Å²) in [5.74, 6) is 0.496. The lowest BCUT2D eigenvalue weighted by atomic mass is 9.98. The van der Waals surface area contributed by atoms with Crippen LogP contribution in [-0.4, -0.2) is 71.5 Å². The summed E-state index contributed by atoms with van der Waals surface area (Å²) in [6.45, 7) is 4.71. The molecule has 0 bridgehead atoms. The van der Waals surface area contributed by atoms with E-state index in [1.54, 1.807) is 14.0 Å². The normalized spacial score (nSPS) is 27.7. The lowest BCUT2D eigenvalue weighted by Gasteiger charge is -2.31. The summed E-state index contributed by atoms with van der Waals surface area (Å²) in [6, 6.07) is 6.22. The maximum atomic E-state index is 13.6. The number of nitrogens with one attached hydrogen (secondary N) is 3. The first-order chi connectivity index (χ1) is 19.3. The van der Waals surface area contributed by atoms with E-state index in [0.717, 1.165) is 49.8 Å². The van der Waals surface area contributed by atoms with Crippen LogP contribution < -0.4 is 16.0 Å². The summed E-state index contributed by atoms with van der Waals surface area (Å²) < 4.78 is 11.5. The van der Waals surface area contributed by atoms with Crippen molar-refractivity contribution in [2.75, 3.05) is 20.2 Å². The van der Waals surface area contributed by atoms with Crippen molar-refractivity contribution in [1.29, 1.82) is 0 Å². The van der Waals surface area contributed by atoms with Gasteiger partial charge in [0, 0.05) is 29.6 Å². The second-order valence-corrected chi connectivity index (χ2v) is 13.2. The SMILES string of the molecule is C=Ic1ccc(C[C@H]2NC(=O)C(C)N(C)C(=O)[C@H](C3CC3)NC(C)COC3=C(CCC=C3)CCCNC2=O)cc1. The van der Waals surface area contributed by atoms with Gasteiger partial charge in [0.05, 0.1) is 6.04 Å². The molecular formula is C31H43IN4O4. The molecule has 2 aliphatic carbocycles. The van der Waals surface area contributed by atoms with E-state index < -0.39 is 12.1 Å². The van der Waals surface area contributed by atoms with Gasteiger partial charge in [-0.05, 0) is 87.6 Å². The van der Waals surface area contributed by atoms with Gasteiger partial charge >= 0.3 is 0 Å². The van der Waals surface area contributed by atoms with Gasteiger partial charge in [-0.2, -0.15) is 0 Å². The van der Waals surface area contributed by atoms with E-state index in [0.29, 0.717) is 19.6 Å². The average Bonchev–Trinajstić information content (AvgIpc) is 3.81. The molecule has 3 N–H and O–H groups in total. The standard InChI is InChI=1S/C31H43IN4O4/c1-20-19-40-27-10-6-5-8-23(27)9-7-17-33-30(38)26(18-22-11-15-25(32-3)16-12-22)35-29(37)21(2)36(4)31(39)28(34-20)24-13-14-24/h6,10-12,15-16,20-21,24,26,28,34H,3,5,7-9,13-14,17-19H2,1-2,4H3,(H,33,38)(H,35,37)/t20?,21?,26-,28+/m1/s1. The van der Waals surface area contributed by atoms with E-state index >= 15 is 0 Å². The van der Waals surface area contributed by atoms with Gasteiger partial charge in [-0.1, -0.05) is 43.5 Å². The van der Waals surface area contributed by atoms with Gasteiger partial charge in [0.25, 0.3) is 0 Å². The van der Waals surface area contributed by atoms with E-state index in [2.05, 4.69) is 32.6 Å². The minimum atomic E-state index is -0.745. The Morgan fingerprint density at radius 3 is 2.52 bits per heavy atom. The minimum absolute atomic E-state index is 0.0318. The lowest BCUT2D eigenvalue weighted by molar-refractivity contribution is -0.141. The fourth-order valence-electron chi connectivity index (χ4n) is 5.16. The topological polar surface area (TPSA) is 99.8 Å². The first-order valence-corrected chi connectivity index (χ1v) is 17.0. The molecule has 0 saturated heterocycles. The largest absolute Gasteiger partial charge is 0.492 e. The van der Waals surface area contributed by atoms with E-state index in [1.165, 1.54) is 14.0 Å². The summed E-state index contributed by atoms with van der Waals surface area (Å²) in [5, 5.41) is 9.48. The number of amides is 3. The third-order valence-electron chi connectivity index (χ3n) is 7.95. The fraction of sp³-hybridized carbons (Fsp3) is 0.548. The number of hydrogen-bond donors (Lipinski definition) is 3. The Morgan fingerprint density at radius 1 is 1.07 bits per heavy atom. The second-order valence-electron chi connectivity index (χ2n) is 11.1. The van der Waals surface area contributed by atoms with Gasteiger partial charge in [0.1, 0.15) is 24.4 Å². The van der Waals surface area contributed by atoms with Crippen LogP contribution in [0.15, 0.2) is 47.7 Å². The molecule has 1 aromatic carbocycles. The van der Waals surface area contributed by atoms with E-state index in [9.17, 15) is 14.4 Å². The Balaban J connectivity index is 1.56. The van der Waals surface area contributed by atoms with Crippen LogP contribution in [0.2, 0.25) is 0 Å². The molecule has 3 amide bonds. The molecule has 0 radical (unpaired) electrons. The highest BCUT2D eigenvalue weighted by Gasteiger charge is 2.40. The van der Waals surface area contributed by atoms with Crippen LogP contribution in [0.1, 0.15) is 57.9 Å². The van der Waals surface area contributed by atoms with Crippen LogP contribution in [0.25, 0.3) is 0 Å². The maximum Gasteiger partial charge on any atom is 0.243 e. The van der Waals surface area contributed by atoms with Crippen LogP contribution >= 0.6 is 20.7 Å². The fourth-order valence-corrected chi connectivity index (χ4v) is 6.03. The number of halogens is 1. The highest BCUT2D eigenvalue weighted by atomic mass is 127. The molecule has 3 aliphatic rings. The number of rotatable bonds is 4. The molecule has 218 valence electrons. The highest BCUT2D eigenvalue weighted by molar-refractivity contribution is 14.2. The molecule has 2 unspecified atom stereocenters. The Morgan fingerprint density at radius 2 is 1.82 bits per heavy atom. The zero-order valence-corrected chi connectivity index (χ0v) is 26.0. The molecule has 4 atom stereocenters. The smallest absolute Gasteiger partial charge is 0.243 e. The molecule has 8 nitrogen and oxygen atoms in total. The van der Waals surface area contributed by atoms with Crippen LogP contribution in [-0.2, 0) is 25.5 Å². The number of carbonyl (C=O) groups excluding carboxylic acids is 3. The van der Waals surface area contributed by atoms with Crippen molar-refractivity contribution in [3.05, 3.63) is 56.9 Å². The number of carbonyl (C=O) groups is 3.